The fourth-order valence-electron chi connectivity index (χ4n) is 2.09. The van der Waals surface area contributed by atoms with Crippen LogP contribution in [0.4, 0.5) is 0 Å². The second kappa shape index (κ2) is 6.50. The molecule has 1 heterocycles. The van der Waals surface area contributed by atoms with Gasteiger partial charge in [0, 0.05) is 18.7 Å². The molecule has 5 nitrogen and oxygen atoms in total. The lowest BCUT2D eigenvalue weighted by atomic mass is 9.96. The van der Waals surface area contributed by atoms with Gasteiger partial charge in [0.15, 0.2) is 11.9 Å². The van der Waals surface area contributed by atoms with E-state index >= 15 is 0 Å². The quantitative estimate of drug-likeness (QED) is 0.791. The van der Waals surface area contributed by atoms with Crippen molar-refractivity contribution < 1.29 is 19.1 Å². The van der Waals surface area contributed by atoms with Gasteiger partial charge in [-0.1, -0.05) is 0 Å². The Kier molecular flexibility index (Phi) is 4.71. The predicted octanol–water partition coefficient (Wildman–Crippen LogP) is 2.54. The molecule has 0 N–H and O–H groups in total. The molecule has 1 saturated carbocycles. The highest BCUT2D eigenvalue weighted by Crippen LogP contribution is 2.19. The van der Waals surface area contributed by atoms with E-state index in [-0.39, 0.29) is 11.9 Å². The molecule has 0 radical (unpaired) electrons. The minimum atomic E-state index is -0.595. The van der Waals surface area contributed by atoms with Crippen LogP contribution in [0, 0.1) is 0 Å². The number of carbonyl (C=O) groups is 2. The van der Waals surface area contributed by atoms with E-state index in [0.29, 0.717) is 24.3 Å². The highest BCUT2D eigenvalue weighted by Gasteiger charge is 2.26. The van der Waals surface area contributed by atoms with Gasteiger partial charge in [0.1, 0.15) is 0 Å². The van der Waals surface area contributed by atoms with Crippen LogP contribution in [0.1, 0.15) is 49.9 Å². The van der Waals surface area contributed by atoms with Crippen LogP contribution in [0.25, 0.3) is 0 Å². The Hall–Kier alpha value is -1.91. The molecule has 0 amide bonds. The van der Waals surface area contributed by atoms with Gasteiger partial charge in [-0.2, -0.15) is 0 Å². The summed E-state index contributed by atoms with van der Waals surface area (Å²) in [5.41, 5.74) is 0.333. The number of Topliss-reactive ketones (excluding diaryl/α,β-unsaturated/α-hetero) is 1. The predicted molar refractivity (Wildman–Crippen MR) is 72.7 cm³/mol. The molecule has 0 bridgehead atoms. The molecular weight excluding hydrogens is 258 g/mol. The zero-order chi connectivity index (χ0) is 14.5. The Morgan fingerprint density at radius 1 is 1.35 bits per heavy atom. The van der Waals surface area contributed by atoms with E-state index in [0.717, 1.165) is 12.8 Å². The Morgan fingerprint density at radius 2 is 2.15 bits per heavy atom. The van der Waals surface area contributed by atoms with E-state index in [4.69, 9.17) is 9.47 Å². The van der Waals surface area contributed by atoms with E-state index in [2.05, 4.69) is 4.98 Å². The first-order valence-electron chi connectivity index (χ1n) is 6.92. The average Bonchev–Trinajstić information content (AvgIpc) is 2.41. The molecule has 1 aliphatic carbocycles. The maximum Gasteiger partial charge on any atom is 0.340 e. The summed E-state index contributed by atoms with van der Waals surface area (Å²) in [6.45, 7) is 3.80. The number of esters is 1. The van der Waals surface area contributed by atoms with Crippen molar-refractivity contribution in [3.05, 3.63) is 23.9 Å². The Labute approximate surface area is 118 Å². The van der Waals surface area contributed by atoms with Crippen molar-refractivity contribution in [3.8, 4) is 5.88 Å². The van der Waals surface area contributed by atoms with Crippen LogP contribution in [0.5, 0.6) is 5.88 Å². The van der Waals surface area contributed by atoms with Crippen LogP contribution in [0.3, 0.4) is 0 Å². The largest absolute Gasteiger partial charge is 0.475 e. The summed E-state index contributed by atoms with van der Waals surface area (Å²) in [6.07, 6.45) is 3.76. The van der Waals surface area contributed by atoms with Crippen LogP contribution >= 0.6 is 0 Å². The number of nitrogens with zero attached hydrogens (tertiary/aromatic N) is 1. The standard InChI is InChI=1S/C15H19NO4/c1-10(2)19-14-8-7-11(9-16-14)15(18)20-13-6-4-3-5-12(13)17/h7-10,13H,3-6H2,1-2H3/t13-/m0/s1. The van der Waals surface area contributed by atoms with Crippen LogP contribution in [-0.2, 0) is 9.53 Å². The van der Waals surface area contributed by atoms with Crippen molar-refractivity contribution in [2.75, 3.05) is 0 Å². The average molecular weight is 277 g/mol. The van der Waals surface area contributed by atoms with Crippen molar-refractivity contribution in [3.63, 3.8) is 0 Å². The minimum Gasteiger partial charge on any atom is -0.475 e. The van der Waals surface area contributed by atoms with Crippen molar-refractivity contribution in [1.29, 1.82) is 0 Å². The van der Waals surface area contributed by atoms with Gasteiger partial charge in [0.25, 0.3) is 0 Å². The summed E-state index contributed by atoms with van der Waals surface area (Å²) >= 11 is 0. The summed E-state index contributed by atoms with van der Waals surface area (Å²) in [4.78, 5) is 27.6. The Bertz CT molecular complexity index is 481. The van der Waals surface area contributed by atoms with Gasteiger partial charge in [-0.15, -0.1) is 0 Å². The van der Waals surface area contributed by atoms with Gasteiger partial charge in [-0.3, -0.25) is 4.79 Å². The molecule has 2 rings (SSSR count). The lowest BCUT2D eigenvalue weighted by Crippen LogP contribution is -2.30. The topological polar surface area (TPSA) is 65.5 Å². The van der Waals surface area contributed by atoms with Gasteiger partial charge >= 0.3 is 5.97 Å². The lowest BCUT2D eigenvalue weighted by Gasteiger charge is -2.20. The van der Waals surface area contributed by atoms with E-state index in [1.54, 1.807) is 12.1 Å². The third-order valence-corrected chi connectivity index (χ3v) is 3.08. The first kappa shape index (κ1) is 14.5. The maximum atomic E-state index is 11.9. The molecular formula is C15H19NO4. The Morgan fingerprint density at radius 3 is 2.75 bits per heavy atom. The second-order valence-electron chi connectivity index (χ2n) is 5.16. The van der Waals surface area contributed by atoms with Gasteiger partial charge < -0.3 is 9.47 Å². The SMILES string of the molecule is CC(C)Oc1ccc(C(=O)O[C@H]2CCCCC2=O)cn1. The zero-order valence-electron chi connectivity index (χ0n) is 11.8. The van der Waals surface area contributed by atoms with Gasteiger partial charge in [0.2, 0.25) is 5.88 Å². The molecule has 1 fully saturated rings. The van der Waals surface area contributed by atoms with Crippen LogP contribution in [0.2, 0.25) is 0 Å². The smallest absolute Gasteiger partial charge is 0.340 e. The first-order valence-corrected chi connectivity index (χ1v) is 6.92. The molecule has 0 unspecified atom stereocenters. The number of carbonyl (C=O) groups excluding carboxylic acids is 2. The lowest BCUT2D eigenvalue weighted by molar-refractivity contribution is -0.129. The molecule has 1 aromatic heterocycles. The normalized spacial score (nSPS) is 18.9. The van der Waals surface area contributed by atoms with Crippen molar-refractivity contribution in [2.45, 2.75) is 51.7 Å². The van der Waals surface area contributed by atoms with Crippen molar-refractivity contribution in [2.24, 2.45) is 0 Å². The van der Waals surface area contributed by atoms with Crippen LogP contribution in [-0.4, -0.2) is 28.9 Å². The van der Waals surface area contributed by atoms with Gasteiger partial charge in [-0.25, -0.2) is 9.78 Å². The number of ether oxygens (including phenoxy) is 2. The van der Waals surface area contributed by atoms with E-state index < -0.39 is 12.1 Å². The van der Waals surface area contributed by atoms with E-state index in [9.17, 15) is 9.59 Å². The number of ketones is 1. The van der Waals surface area contributed by atoms with E-state index in [1.165, 1.54) is 6.20 Å². The third kappa shape index (κ3) is 3.79. The number of hydrogen-bond acceptors (Lipinski definition) is 5. The van der Waals surface area contributed by atoms with Gasteiger partial charge in [-0.05, 0) is 39.2 Å². The fourth-order valence-corrected chi connectivity index (χ4v) is 2.09. The van der Waals surface area contributed by atoms with Crippen molar-refractivity contribution in [1.82, 2.24) is 4.98 Å². The first-order chi connectivity index (χ1) is 9.56. The summed E-state index contributed by atoms with van der Waals surface area (Å²) < 4.78 is 10.6. The highest BCUT2D eigenvalue weighted by atomic mass is 16.5. The summed E-state index contributed by atoms with van der Waals surface area (Å²) in [5, 5.41) is 0. The molecule has 108 valence electrons. The highest BCUT2D eigenvalue weighted by molar-refractivity contribution is 5.92. The number of hydrogen-bond donors (Lipinski definition) is 0. The molecule has 0 aliphatic heterocycles. The maximum absolute atomic E-state index is 11.9. The van der Waals surface area contributed by atoms with Gasteiger partial charge in [0.05, 0.1) is 11.7 Å². The third-order valence-electron chi connectivity index (χ3n) is 3.08. The Balaban J connectivity index is 1.96. The number of rotatable bonds is 4. The number of pyridine rings is 1. The minimum absolute atomic E-state index is 0.0114. The van der Waals surface area contributed by atoms with Crippen LogP contribution in [0.15, 0.2) is 18.3 Å². The molecule has 0 saturated heterocycles. The summed E-state index contributed by atoms with van der Waals surface area (Å²) in [5.74, 6) is -0.0311. The molecule has 0 aromatic carbocycles. The molecule has 1 aliphatic rings. The molecule has 20 heavy (non-hydrogen) atoms. The summed E-state index contributed by atoms with van der Waals surface area (Å²) in [6, 6.07) is 3.22. The van der Waals surface area contributed by atoms with Crippen molar-refractivity contribution >= 4 is 11.8 Å². The van der Waals surface area contributed by atoms with Crippen LogP contribution < -0.4 is 4.74 Å². The molecule has 0 spiro atoms. The molecule has 1 atom stereocenters. The molecule has 1 aromatic rings. The monoisotopic (exact) mass is 277 g/mol. The molecule has 5 heteroatoms. The fraction of sp³-hybridized carbons (Fsp3) is 0.533. The summed E-state index contributed by atoms with van der Waals surface area (Å²) in [7, 11) is 0. The zero-order valence-corrected chi connectivity index (χ0v) is 11.8. The number of aromatic nitrogens is 1. The second-order valence-corrected chi connectivity index (χ2v) is 5.16. The van der Waals surface area contributed by atoms with E-state index in [1.807, 2.05) is 13.8 Å².